The Bertz CT molecular complexity index is 815. The van der Waals surface area contributed by atoms with Crippen molar-refractivity contribution in [2.45, 2.75) is 43.9 Å². The molecule has 2 aromatic rings. The molecule has 2 aromatic carbocycles. The van der Waals surface area contributed by atoms with Gasteiger partial charge in [0.05, 0.1) is 6.61 Å². The fraction of sp³-hybridized carbons (Fsp3) is 0.385. The van der Waals surface area contributed by atoms with Gasteiger partial charge >= 0.3 is 0 Å². The molecule has 0 aliphatic heterocycles. The Morgan fingerprint density at radius 2 is 1.58 bits per heavy atom. The Morgan fingerprint density at radius 1 is 1.06 bits per heavy atom. The molecule has 1 N–H and O–H groups in total. The van der Waals surface area contributed by atoms with Crippen LogP contribution in [0, 0.1) is 12.3 Å². The van der Waals surface area contributed by atoms with Crippen LogP contribution in [-0.4, -0.2) is 45.6 Å². The number of rotatable bonds is 11. The zero-order chi connectivity index (χ0) is 23.0. The van der Waals surface area contributed by atoms with Gasteiger partial charge in [0.25, 0.3) is 8.32 Å². The Balaban J connectivity index is 2.55. The molecule has 0 unspecified atom stereocenters. The van der Waals surface area contributed by atoms with Gasteiger partial charge in [0.2, 0.25) is 0 Å². The second kappa shape index (κ2) is 10.9. The number of methoxy groups -OCH3 is 1. The van der Waals surface area contributed by atoms with Crippen molar-refractivity contribution in [3.05, 3.63) is 73.3 Å². The molecule has 31 heavy (non-hydrogen) atoms. The molecule has 0 aliphatic carbocycles. The van der Waals surface area contributed by atoms with E-state index in [0.717, 1.165) is 10.4 Å². The summed E-state index contributed by atoms with van der Waals surface area (Å²) in [6.45, 7) is 10.2. The van der Waals surface area contributed by atoms with Gasteiger partial charge < -0.3 is 19.0 Å². The van der Waals surface area contributed by atoms with Gasteiger partial charge in [0.15, 0.2) is 5.60 Å². The van der Waals surface area contributed by atoms with Crippen molar-refractivity contribution >= 4 is 18.7 Å². The van der Waals surface area contributed by atoms with Gasteiger partial charge in [-0.3, -0.25) is 0 Å². The van der Waals surface area contributed by atoms with Crippen molar-refractivity contribution in [2.75, 3.05) is 20.5 Å². The highest BCUT2D eigenvalue weighted by molar-refractivity contribution is 6.99. The van der Waals surface area contributed by atoms with Crippen LogP contribution in [0.4, 0.5) is 0 Å². The van der Waals surface area contributed by atoms with Crippen molar-refractivity contribution in [1.82, 2.24) is 0 Å². The molecule has 166 valence electrons. The molecule has 0 amide bonds. The Hall–Kier alpha value is -2.20. The quantitative estimate of drug-likeness (QED) is 0.253. The first-order valence-electron chi connectivity index (χ1n) is 10.4. The van der Waals surface area contributed by atoms with Gasteiger partial charge in [0, 0.05) is 7.11 Å². The first-order chi connectivity index (χ1) is 14.7. The van der Waals surface area contributed by atoms with Crippen LogP contribution in [0.5, 0.6) is 0 Å². The fourth-order valence-corrected chi connectivity index (χ4v) is 8.50. The van der Waals surface area contributed by atoms with Crippen molar-refractivity contribution in [1.29, 1.82) is 0 Å². The van der Waals surface area contributed by atoms with E-state index in [-0.39, 0.29) is 18.4 Å². The van der Waals surface area contributed by atoms with E-state index in [1.165, 1.54) is 7.11 Å². The molecular weight excluding hydrogens is 404 g/mol. The van der Waals surface area contributed by atoms with Crippen molar-refractivity contribution in [3.63, 3.8) is 0 Å². The minimum Gasteiger partial charge on any atom is -0.403 e. The predicted octanol–water partition coefficient (Wildman–Crippen LogP) is 3.49. The van der Waals surface area contributed by atoms with E-state index in [4.69, 9.17) is 20.3 Å². The van der Waals surface area contributed by atoms with Gasteiger partial charge in [-0.2, -0.15) is 0 Å². The largest absolute Gasteiger partial charge is 0.403 e. The molecule has 0 fully saturated rings. The summed E-state index contributed by atoms with van der Waals surface area (Å²) < 4.78 is 17.5. The molecule has 2 atom stereocenters. The van der Waals surface area contributed by atoms with E-state index in [1.807, 2.05) is 36.4 Å². The van der Waals surface area contributed by atoms with E-state index >= 15 is 0 Å². The molecule has 0 radical (unpaired) electrons. The van der Waals surface area contributed by atoms with E-state index in [9.17, 15) is 5.11 Å². The SMILES string of the molecule is C#C[C@@](O)(CO[Si](c1ccccc1)(c1ccccc1)C(C)(C)C)[C@H](CC=C)OCOC. The maximum atomic E-state index is 11.4. The van der Waals surface area contributed by atoms with E-state index in [1.54, 1.807) is 6.08 Å². The minimum atomic E-state index is -2.84. The molecule has 5 heteroatoms. The molecule has 0 aromatic heterocycles. The lowest BCUT2D eigenvalue weighted by atomic mass is 9.96. The van der Waals surface area contributed by atoms with Gasteiger partial charge in [-0.1, -0.05) is 93.4 Å². The highest BCUT2D eigenvalue weighted by atomic mass is 28.4. The fourth-order valence-electron chi connectivity index (χ4n) is 3.91. The zero-order valence-corrected chi connectivity index (χ0v) is 20.0. The topological polar surface area (TPSA) is 47.9 Å². The summed E-state index contributed by atoms with van der Waals surface area (Å²) in [6, 6.07) is 20.5. The van der Waals surface area contributed by atoms with Gasteiger partial charge in [-0.05, 0) is 21.8 Å². The second-order valence-corrected chi connectivity index (χ2v) is 12.9. The highest BCUT2D eigenvalue weighted by Gasteiger charge is 2.52. The number of aliphatic hydroxyl groups is 1. The summed E-state index contributed by atoms with van der Waals surface area (Å²) >= 11 is 0. The number of terminal acetylenes is 1. The van der Waals surface area contributed by atoms with E-state index in [2.05, 4.69) is 57.5 Å². The third-order valence-electron chi connectivity index (χ3n) is 5.48. The lowest BCUT2D eigenvalue weighted by Crippen LogP contribution is -2.68. The summed E-state index contributed by atoms with van der Waals surface area (Å²) in [5.74, 6) is 2.52. The third-order valence-corrected chi connectivity index (χ3v) is 10.5. The van der Waals surface area contributed by atoms with E-state index < -0.39 is 20.0 Å². The van der Waals surface area contributed by atoms with Crippen LogP contribution >= 0.6 is 0 Å². The summed E-state index contributed by atoms with van der Waals surface area (Å²) in [5.41, 5.74) is -1.64. The minimum absolute atomic E-state index is 0.0156. The average Bonchev–Trinajstić information content (AvgIpc) is 2.77. The summed E-state index contributed by atoms with van der Waals surface area (Å²) in [7, 11) is -1.32. The number of benzene rings is 2. The molecule has 0 heterocycles. The van der Waals surface area contributed by atoms with Crippen LogP contribution in [0.25, 0.3) is 0 Å². The summed E-state index contributed by atoms with van der Waals surface area (Å²) in [6.07, 6.45) is 7.15. The molecule has 0 saturated heterocycles. The summed E-state index contributed by atoms with van der Waals surface area (Å²) in [4.78, 5) is 0. The van der Waals surface area contributed by atoms with Crippen LogP contribution in [0.15, 0.2) is 73.3 Å². The Kier molecular flexibility index (Phi) is 8.81. The van der Waals surface area contributed by atoms with Gasteiger partial charge in [0.1, 0.15) is 12.9 Å². The molecular formula is C26H34O4Si. The predicted molar refractivity (Wildman–Crippen MR) is 129 cm³/mol. The number of ether oxygens (including phenoxy) is 2. The molecule has 0 saturated carbocycles. The standard InChI is InChI=1S/C26H34O4Si/c1-7-15-24(29-21-28-6)26(27,8-2)20-30-31(25(3,4)5,22-16-11-9-12-17-22)23-18-13-10-14-19-23/h2,7,9-14,16-19,24,27H,1,15,20-21H2,3-6H3/t24-,26+/m0/s1. The van der Waals surface area contributed by atoms with Gasteiger partial charge in [-0.25, -0.2) is 0 Å². The smallest absolute Gasteiger partial charge is 0.261 e. The number of hydrogen-bond acceptors (Lipinski definition) is 4. The maximum Gasteiger partial charge on any atom is 0.261 e. The highest BCUT2D eigenvalue weighted by Crippen LogP contribution is 2.37. The van der Waals surface area contributed by atoms with Crippen LogP contribution in [0.2, 0.25) is 5.04 Å². The molecule has 0 bridgehead atoms. The number of hydrogen-bond donors (Lipinski definition) is 1. The van der Waals surface area contributed by atoms with Crippen LogP contribution in [-0.2, 0) is 13.9 Å². The van der Waals surface area contributed by atoms with Crippen LogP contribution < -0.4 is 10.4 Å². The monoisotopic (exact) mass is 438 g/mol. The zero-order valence-electron chi connectivity index (χ0n) is 19.0. The Morgan fingerprint density at radius 3 is 1.97 bits per heavy atom. The second-order valence-electron chi connectivity index (χ2n) is 8.61. The Labute approximate surface area is 188 Å². The van der Waals surface area contributed by atoms with Crippen LogP contribution in [0.3, 0.4) is 0 Å². The molecule has 0 aliphatic rings. The van der Waals surface area contributed by atoms with Gasteiger partial charge in [-0.15, -0.1) is 13.0 Å². The van der Waals surface area contributed by atoms with Crippen LogP contribution in [0.1, 0.15) is 27.2 Å². The lowest BCUT2D eigenvalue weighted by molar-refractivity contribution is -0.142. The van der Waals surface area contributed by atoms with E-state index in [0.29, 0.717) is 6.42 Å². The first kappa shape index (κ1) is 25.1. The molecule has 4 nitrogen and oxygen atoms in total. The van der Waals surface area contributed by atoms with Crippen molar-refractivity contribution in [3.8, 4) is 12.3 Å². The normalized spacial score (nSPS) is 15.0. The van der Waals surface area contributed by atoms with Crippen molar-refractivity contribution < 1.29 is 19.0 Å². The van der Waals surface area contributed by atoms with Crippen molar-refractivity contribution in [2.24, 2.45) is 0 Å². The summed E-state index contributed by atoms with van der Waals surface area (Å²) in [5, 5.41) is 13.4. The molecule has 0 spiro atoms. The first-order valence-corrected chi connectivity index (χ1v) is 12.3. The molecule has 2 rings (SSSR count). The maximum absolute atomic E-state index is 11.4. The lowest BCUT2D eigenvalue weighted by Gasteiger charge is -2.45. The average molecular weight is 439 g/mol. The third kappa shape index (κ3) is 5.54.